The highest BCUT2D eigenvalue weighted by Gasteiger charge is 1.92. The molecule has 0 aromatic heterocycles. The second kappa shape index (κ2) is 6.54. The van der Waals surface area contributed by atoms with Crippen LogP contribution in [0.3, 0.4) is 0 Å². The van der Waals surface area contributed by atoms with Crippen LogP contribution in [0.25, 0.3) is 6.08 Å². The van der Waals surface area contributed by atoms with Crippen LogP contribution in [-0.2, 0) is 9.53 Å². The molecule has 15 heavy (non-hydrogen) atoms. The Hall–Kier alpha value is -1.90. The smallest absolute Gasteiger partial charge is 0.327 e. The Bertz CT molecular complexity index is 355. The maximum absolute atomic E-state index is 10.7. The number of benzene rings is 1. The topological polar surface area (TPSA) is 38.7 Å². The summed E-state index contributed by atoms with van der Waals surface area (Å²) in [7, 11) is 1.34. The SMILES string of the molecule is COC(=O)CN=CC=Cc1ccccc1. The standard InChI is InChI=1S/C12H13NO2/c1-15-12(14)10-13-9-5-8-11-6-3-2-4-7-11/h2-9H,10H2,1H3. The number of hydrogen-bond donors (Lipinski definition) is 0. The van der Waals surface area contributed by atoms with Crippen LogP contribution < -0.4 is 0 Å². The first kappa shape index (κ1) is 11.2. The van der Waals surface area contributed by atoms with Gasteiger partial charge >= 0.3 is 5.97 Å². The van der Waals surface area contributed by atoms with Crippen molar-refractivity contribution in [1.29, 1.82) is 0 Å². The molecule has 0 N–H and O–H groups in total. The predicted octanol–water partition coefficient (Wildman–Crippen LogP) is 1.94. The zero-order valence-corrected chi connectivity index (χ0v) is 8.59. The van der Waals surface area contributed by atoms with Gasteiger partial charge in [0.1, 0.15) is 6.54 Å². The van der Waals surface area contributed by atoms with E-state index in [-0.39, 0.29) is 12.5 Å². The van der Waals surface area contributed by atoms with Crippen molar-refractivity contribution in [2.24, 2.45) is 4.99 Å². The van der Waals surface area contributed by atoms with Gasteiger partial charge in [0, 0.05) is 6.21 Å². The van der Waals surface area contributed by atoms with E-state index >= 15 is 0 Å². The number of carbonyl (C=O) groups is 1. The lowest BCUT2D eigenvalue weighted by Crippen LogP contribution is -2.03. The number of ether oxygens (including phenoxy) is 1. The molecule has 0 aliphatic rings. The fourth-order valence-electron chi connectivity index (χ4n) is 0.971. The van der Waals surface area contributed by atoms with Gasteiger partial charge in [-0.1, -0.05) is 36.4 Å². The molecule has 0 amide bonds. The van der Waals surface area contributed by atoms with Crippen molar-refractivity contribution in [1.82, 2.24) is 0 Å². The summed E-state index contributed by atoms with van der Waals surface area (Å²) in [6.07, 6.45) is 5.29. The molecule has 1 aromatic rings. The molecular formula is C12H13NO2. The molecule has 0 radical (unpaired) electrons. The lowest BCUT2D eigenvalue weighted by molar-refractivity contribution is -0.138. The number of allylic oxidation sites excluding steroid dienone is 1. The summed E-state index contributed by atoms with van der Waals surface area (Å²) < 4.78 is 4.44. The van der Waals surface area contributed by atoms with E-state index in [0.29, 0.717) is 0 Å². The van der Waals surface area contributed by atoms with E-state index in [4.69, 9.17) is 0 Å². The third-order valence-corrected chi connectivity index (χ3v) is 1.73. The summed E-state index contributed by atoms with van der Waals surface area (Å²) in [5.41, 5.74) is 1.10. The van der Waals surface area contributed by atoms with Gasteiger partial charge in [-0.2, -0.15) is 0 Å². The number of nitrogens with zero attached hydrogens (tertiary/aromatic N) is 1. The monoisotopic (exact) mass is 203 g/mol. The molecule has 0 fully saturated rings. The number of esters is 1. The Morgan fingerprint density at radius 1 is 1.40 bits per heavy atom. The molecule has 3 nitrogen and oxygen atoms in total. The van der Waals surface area contributed by atoms with Gasteiger partial charge in [-0.3, -0.25) is 9.79 Å². The zero-order chi connectivity index (χ0) is 10.9. The van der Waals surface area contributed by atoms with Crippen LogP contribution in [0.2, 0.25) is 0 Å². The minimum absolute atomic E-state index is 0.0651. The fraction of sp³-hybridized carbons (Fsp3) is 0.167. The molecule has 0 bridgehead atoms. The van der Waals surface area contributed by atoms with Gasteiger partial charge in [0.2, 0.25) is 0 Å². The third-order valence-electron chi connectivity index (χ3n) is 1.73. The minimum atomic E-state index is -0.334. The summed E-state index contributed by atoms with van der Waals surface area (Å²) in [6.45, 7) is 0.0651. The van der Waals surface area contributed by atoms with Gasteiger partial charge in [0.15, 0.2) is 0 Å². The van der Waals surface area contributed by atoms with Crippen LogP contribution in [0.5, 0.6) is 0 Å². The van der Waals surface area contributed by atoms with Crippen LogP contribution in [0.15, 0.2) is 41.4 Å². The first-order valence-electron chi connectivity index (χ1n) is 4.61. The van der Waals surface area contributed by atoms with E-state index in [1.807, 2.05) is 36.4 Å². The Labute approximate surface area is 89.1 Å². The quantitative estimate of drug-likeness (QED) is 0.554. The van der Waals surface area contributed by atoms with Gasteiger partial charge in [0.05, 0.1) is 7.11 Å². The molecule has 0 aliphatic heterocycles. The summed E-state index contributed by atoms with van der Waals surface area (Å²) in [6, 6.07) is 9.87. The number of methoxy groups -OCH3 is 1. The molecule has 0 spiro atoms. The highest BCUT2D eigenvalue weighted by atomic mass is 16.5. The first-order chi connectivity index (χ1) is 7.33. The Morgan fingerprint density at radius 3 is 2.80 bits per heavy atom. The van der Waals surface area contributed by atoms with Crippen molar-refractivity contribution in [3.05, 3.63) is 42.0 Å². The second-order valence-corrected chi connectivity index (χ2v) is 2.84. The molecule has 1 aromatic carbocycles. The molecule has 0 unspecified atom stereocenters. The Morgan fingerprint density at radius 2 is 2.13 bits per heavy atom. The van der Waals surface area contributed by atoms with Crippen LogP contribution in [-0.4, -0.2) is 25.8 Å². The molecular weight excluding hydrogens is 190 g/mol. The average molecular weight is 203 g/mol. The number of aliphatic imine (C=N–C) groups is 1. The lowest BCUT2D eigenvalue weighted by Gasteiger charge is -1.91. The van der Waals surface area contributed by atoms with Crippen molar-refractivity contribution >= 4 is 18.3 Å². The van der Waals surface area contributed by atoms with Crippen LogP contribution in [0, 0.1) is 0 Å². The van der Waals surface area contributed by atoms with Crippen LogP contribution in [0.1, 0.15) is 5.56 Å². The van der Waals surface area contributed by atoms with Crippen molar-refractivity contribution in [3.8, 4) is 0 Å². The molecule has 0 saturated heterocycles. The fourth-order valence-corrected chi connectivity index (χ4v) is 0.971. The molecule has 0 atom stereocenters. The van der Waals surface area contributed by atoms with Crippen molar-refractivity contribution in [2.75, 3.05) is 13.7 Å². The molecule has 78 valence electrons. The number of carbonyl (C=O) groups excluding carboxylic acids is 1. The highest BCUT2D eigenvalue weighted by Crippen LogP contribution is 1.99. The molecule has 0 heterocycles. The van der Waals surface area contributed by atoms with Crippen molar-refractivity contribution in [2.45, 2.75) is 0 Å². The summed E-state index contributed by atoms with van der Waals surface area (Å²) >= 11 is 0. The molecule has 3 heteroatoms. The van der Waals surface area contributed by atoms with Crippen LogP contribution >= 0.6 is 0 Å². The Kier molecular flexibility index (Phi) is 4.87. The first-order valence-corrected chi connectivity index (χ1v) is 4.61. The summed E-state index contributed by atoms with van der Waals surface area (Å²) in [5, 5.41) is 0. The van der Waals surface area contributed by atoms with Gasteiger partial charge in [-0.15, -0.1) is 0 Å². The number of hydrogen-bond acceptors (Lipinski definition) is 3. The van der Waals surface area contributed by atoms with E-state index in [9.17, 15) is 4.79 Å². The van der Waals surface area contributed by atoms with Gasteiger partial charge < -0.3 is 4.74 Å². The minimum Gasteiger partial charge on any atom is -0.468 e. The number of rotatable bonds is 4. The maximum Gasteiger partial charge on any atom is 0.327 e. The molecule has 1 rings (SSSR count). The molecule has 0 saturated carbocycles. The maximum atomic E-state index is 10.7. The lowest BCUT2D eigenvalue weighted by atomic mass is 10.2. The average Bonchev–Trinajstić information content (AvgIpc) is 2.29. The van der Waals surface area contributed by atoms with Gasteiger partial charge in [-0.25, -0.2) is 0 Å². The van der Waals surface area contributed by atoms with Gasteiger partial charge in [0.25, 0.3) is 0 Å². The van der Waals surface area contributed by atoms with Crippen LogP contribution in [0.4, 0.5) is 0 Å². The van der Waals surface area contributed by atoms with E-state index in [1.165, 1.54) is 7.11 Å². The van der Waals surface area contributed by atoms with Gasteiger partial charge in [-0.05, 0) is 11.6 Å². The van der Waals surface area contributed by atoms with Crippen molar-refractivity contribution in [3.63, 3.8) is 0 Å². The van der Waals surface area contributed by atoms with E-state index < -0.39 is 0 Å². The normalized spacial score (nSPS) is 11.0. The van der Waals surface area contributed by atoms with E-state index in [1.54, 1.807) is 12.3 Å². The van der Waals surface area contributed by atoms with E-state index in [0.717, 1.165) is 5.56 Å². The summed E-state index contributed by atoms with van der Waals surface area (Å²) in [5.74, 6) is -0.334. The second-order valence-electron chi connectivity index (χ2n) is 2.84. The highest BCUT2D eigenvalue weighted by molar-refractivity contribution is 5.81. The Balaban J connectivity index is 2.37. The predicted molar refractivity (Wildman–Crippen MR) is 60.9 cm³/mol. The zero-order valence-electron chi connectivity index (χ0n) is 8.59. The largest absolute Gasteiger partial charge is 0.468 e. The summed E-state index contributed by atoms with van der Waals surface area (Å²) in [4.78, 5) is 14.6. The third kappa shape index (κ3) is 4.76. The molecule has 0 aliphatic carbocycles. The van der Waals surface area contributed by atoms with Crippen molar-refractivity contribution < 1.29 is 9.53 Å². The van der Waals surface area contributed by atoms with E-state index in [2.05, 4.69) is 9.73 Å².